The molecule has 180 valence electrons. The minimum Gasteiger partial charge on any atom is -0.481 e. The lowest BCUT2D eigenvalue weighted by Crippen LogP contribution is -2.60. The number of fused-ring (bicyclic) bond motifs is 1. The average molecular weight is 515 g/mol. The number of unbranched alkanes of at least 4 members (excludes halogenated alkanes) is 3. The van der Waals surface area contributed by atoms with Gasteiger partial charge in [-0.2, -0.15) is 0 Å². The van der Waals surface area contributed by atoms with E-state index in [2.05, 4.69) is 22.5 Å². The molecule has 0 aromatic heterocycles. The molecule has 0 saturated carbocycles. The van der Waals surface area contributed by atoms with Gasteiger partial charge in [-0.15, -0.1) is 6.58 Å². The van der Waals surface area contributed by atoms with Crippen molar-refractivity contribution in [3.05, 3.63) is 12.7 Å². The van der Waals surface area contributed by atoms with Gasteiger partial charge in [0.2, 0.25) is 11.8 Å². The van der Waals surface area contributed by atoms with Crippen molar-refractivity contribution in [2.75, 3.05) is 19.7 Å². The standard InChI is InChI=1S/C23H35BrN2O6/c1-5-10-26(22(2,3)4)20(29)18-23-13-14(24)17(32-23)15(21(30)31)16(23)19(28)25(18)11-8-6-7-9-12-27/h5,14-18,27H,1,6-13H2,2-4H3,(H,30,31)/t14?,15-,16-,17-,18?,23?/m0/s1. The van der Waals surface area contributed by atoms with Gasteiger partial charge in [0.05, 0.1) is 17.9 Å². The van der Waals surface area contributed by atoms with Crippen LogP contribution in [0.4, 0.5) is 0 Å². The first kappa shape index (κ1) is 25.2. The molecule has 3 aliphatic rings. The molecule has 0 radical (unpaired) electrons. The summed E-state index contributed by atoms with van der Waals surface area (Å²) in [6.07, 6.45) is 4.45. The maximum absolute atomic E-state index is 14.0. The Labute approximate surface area is 198 Å². The number of carbonyl (C=O) groups is 3. The molecule has 0 aliphatic carbocycles. The molecule has 9 heteroatoms. The molecule has 1 spiro atoms. The van der Waals surface area contributed by atoms with Crippen LogP contribution in [0.1, 0.15) is 52.9 Å². The van der Waals surface area contributed by atoms with Crippen LogP contribution < -0.4 is 0 Å². The average Bonchev–Trinajstić information content (AvgIpc) is 3.28. The number of aliphatic hydroxyl groups is 1. The highest BCUT2D eigenvalue weighted by Gasteiger charge is 2.76. The summed E-state index contributed by atoms with van der Waals surface area (Å²) in [5, 5.41) is 18.9. The van der Waals surface area contributed by atoms with Gasteiger partial charge in [0.1, 0.15) is 11.6 Å². The Morgan fingerprint density at radius 1 is 1.31 bits per heavy atom. The fourth-order valence-corrected chi connectivity index (χ4v) is 6.59. The Morgan fingerprint density at radius 2 is 1.97 bits per heavy atom. The second-order valence-electron chi connectivity index (χ2n) is 10.1. The minimum atomic E-state index is -1.15. The Bertz CT molecular complexity index is 768. The summed E-state index contributed by atoms with van der Waals surface area (Å²) in [4.78, 5) is 42.8. The fourth-order valence-electron chi connectivity index (χ4n) is 5.65. The number of aliphatic carboxylic acids is 1. The number of rotatable bonds is 10. The lowest BCUT2D eigenvalue weighted by atomic mass is 9.70. The minimum absolute atomic E-state index is 0.124. The summed E-state index contributed by atoms with van der Waals surface area (Å²) in [5.41, 5.74) is -1.65. The molecule has 2 bridgehead atoms. The topological polar surface area (TPSA) is 107 Å². The first-order valence-electron chi connectivity index (χ1n) is 11.4. The molecule has 3 unspecified atom stereocenters. The number of halogens is 1. The van der Waals surface area contributed by atoms with Crippen molar-refractivity contribution in [2.45, 2.75) is 81.0 Å². The summed E-state index contributed by atoms with van der Waals surface area (Å²) in [6.45, 7) is 10.4. The molecule has 3 aliphatic heterocycles. The highest BCUT2D eigenvalue weighted by atomic mass is 79.9. The number of carboxylic acids is 1. The van der Waals surface area contributed by atoms with Crippen molar-refractivity contribution >= 4 is 33.7 Å². The summed E-state index contributed by atoms with van der Waals surface area (Å²) < 4.78 is 6.29. The van der Waals surface area contributed by atoms with Gasteiger partial charge in [-0.3, -0.25) is 14.4 Å². The number of carbonyl (C=O) groups excluding carboxylic acids is 2. The van der Waals surface area contributed by atoms with Crippen molar-refractivity contribution in [1.29, 1.82) is 0 Å². The molecular formula is C23H35BrN2O6. The first-order chi connectivity index (χ1) is 15.0. The van der Waals surface area contributed by atoms with E-state index in [-0.39, 0.29) is 23.2 Å². The maximum atomic E-state index is 14.0. The van der Waals surface area contributed by atoms with E-state index in [4.69, 9.17) is 9.84 Å². The number of aliphatic hydroxyl groups excluding tert-OH is 1. The number of likely N-dealkylation sites (tertiary alicyclic amines) is 1. The second kappa shape index (κ2) is 9.43. The predicted molar refractivity (Wildman–Crippen MR) is 122 cm³/mol. The van der Waals surface area contributed by atoms with Crippen LogP contribution in [-0.2, 0) is 19.1 Å². The number of nitrogens with zero attached hydrogens (tertiary/aromatic N) is 2. The van der Waals surface area contributed by atoms with E-state index in [0.717, 1.165) is 12.8 Å². The Kier molecular flexibility index (Phi) is 7.42. The summed E-state index contributed by atoms with van der Waals surface area (Å²) in [7, 11) is 0. The van der Waals surface area contributed by atoms with Crippen molar-refractivity contribution in [3.63, 3.8) is 0 Å². The summed E-state index contributed by atoms with van der Waals surface area (Å²) >= 11 is 3.56. The molecule has 3 rings (SSSR count). The SMILES string of the molecule is C=CCN(C(=O)C1N(CCCCCCO)C(=O)[C@@H]2[C@H](C(=O)O)[C@H]3OC12CC3Br)C(C)(C)C. The molecule has 3 fully saturated rings. The highest BCUT2D eigenvalue weighted by molar-refractivity contribution is 9.09. The Hall–Kier alpha value is -1.45. The zero-order valence-electron chi connectivity index (χ0n) is 19.1. The zero-order valence-corrected chi connectivity index (χ0v) is 20.7. The Balaban J connectivity index is 1.99. The molecule has 2 N–H and O–H groups in total. The van der Waals surface area contributed by atoms with E-state index in [1.54, 1.807) is 15.9 Å². The normalized spacial score (nSPS) is 33.5. The first-order valence-corrected chi connectivity index (χ1v) is 12.3. The molecular weight excluding hydrogens is 480 g/mol. The molecule has 8 nitrogen and oxygen atoms in total. The zero-order chi connectivity index (χ0) is 23.8. The van der Waals surface area contributed by atoms with E-state index < -0.39 is 41.1 Å². The van der Waals surface area contributed by atoms with Crippen molar-refractivity contribution in [3.8, 4) is 0 Å². The molecule has 3 heterocycles. The van der Waals surface area contributed by atoms with E-state index in [0.29, 0.717) is 32.4 Å². The van der Waals surface area contributed by atoms with Gasteiger partial charge in [-0.05, 0) is 40.0 Å². The molecule has 0 aromatic rings. The van der Waals surface area contributed by atoms with Crippen LogP contribution in [0.5, 0.6) is 0 Å². The van der Waals surface area contributed by atoms with Gasteiger partial charge >= 0.3 is 5.97 Å². The van der Waals surface area contributed by atoms with Gasteiger partial charge < -0.3 is 24.7 Å². The van der Waals surface area contributed by atoms with Crippen molar-refractivity contribution in [1.82, 2.24) is 9.80 Å². The van der Waals surface area contributed by atoms with Crippen LogP contribution in [-0.4, -0.2) is 85.6 Å². The lowest BCUT2D eigenvalue weighted by Gasteiger charge is -2.42. The Morgan fingerprint density at radius 3 is 2.53 bits per heavy atom. The van der Waals surface area contributed by atoms with Crippen LogP contribution in [0, 0.1) is 11.8 Å². The quantitative estimate of drug-likeness (QED) is 0.263. The van der Waals surface area contributed by atoms with Gasteiger partial charge in [-0.25, -0.2) is 0 Å². The fraction of sp³-hybridized carbons (Fsp3) is 0.783. The second-order valence-corrected chi connectivity index (χ2v) is 11.3. The third kappa shape index (κ3) is 4.12. The predicted octanol–water partition coefficient (Wildman–Crippen LogP) is 2.18. The van der Waals surface area contributed by atoms with Crippen LogP contribution in [0.3, 0.4) is 0 Å². The van der Waals surface area contributed by atoms with Crippen LogP contribution in [0.25, 0.3) is 0 Å². The molecule has 32 heavy (non-hydrogen) atoms. The number of alkyl halides is 1. The van der Waals surface area contributed by atoms with Crippen LogP contribution in [0.2, 0.25) is 0 Å². The number of carboxylic acid groups (broad SMARTS) is 1. The number of ether oxygens (including phenoxy) is 1. The lowest BCUT2D eigenvalue weighted by molar-refractivity contribution is -0.152. The molecule has 0 aromatic carbocycles. The van der Waals surface area contributed by atoms with Gasteiger partial charge in [0.15, 0.2) is 0 Å². The van der Waals surface area contributed by atoms with E-state index >= 15 is 0 Å². The highest BCUT2D eigenvalue weighted by Crippen LogP contribution is 2.60. The molecule has 6 atom stereocenters. The monoisotopic (exact) mass is 514 g/mol. The van der Waals surface area contributed by atoms with Crippen molar-refractivity contribution in [2.24, 2.45) is 11.8 Å². The van der Waals surface area contributed by atoms with Crippen molar-refractivity contribution < 1.29 is 29.3 Å². The summed E-state index contributed by atoms with van der Waals surface area (Å²) in [5.74, 6) is -3.43. The van der Waals surface area contributed by atoms with Gasteiger partial charge in [0.25, 0.3) is 0 Å². The number of hydrogen-bond acceptors (Lipinski definition) is 5. The maximum Gasteiger partial charge on any atom is 0.310 e. The van der Waals surface area contributed by atoms with Crippen LogP contribution in [0.15, 0.2) is 12.7 Å². The molecule has 2 amide bonds. The smallest absolute Gasteiger partial charge is 0.310 e. The third-order valence-electron chi connectivity index (χ3n) is 7.00. The number of amides is 2. The summed E-state index contributed by atoms with van der Waals surface area (Å²) in [6, 6.07) is -0.869. The largest absolute Gasteiger partial charge is 0.481 e. The van der Waals surface area contributed by atoms with Gasteiger partial charge in [0, 0.05) is 30.1 Å². The number of hydrogen-bond donors (Lipinski definition) is 2. The van der Waals surface area contributed by atoms with Gasteiger partial charge in [-0.1, -0.05) is 34.8 Å². The van der Waals surface area contributed by atoms with E-state index in [1.165, 1.54) is 0 Å². The molecule has 3 saturated heterocycles. The van der Waals surface area contributed by atoms with E-state index in [9.17, 15) is 19.5 Å². The van der Waals surface area contributed by atoms with Crippen LogP contribution >= 0.6 is 15.9 Å². The third-order valence-corrected chi connectivity index (χ3v) is 7.85. The van der Waals surface area contributed by atoms with E-state index in [1.807, 2.05) is 20.8 Å².